The molecule has 0 N–H and O–H groups in total. The van der Waals surface area contributed by atoms with Crippen molar-refractivity contribution in [1.29, 1.82) is 0 Å². The number of aryl methyl sites for hydroxylation is 1. The molecule has 2 aliphatic carbocycles. The molecule has 4 rings (SSSR count). The Morgan fingerprint density at radius 2 is 1.92 bits per heavy atom. The Hall–Kier alpha value is -1.62. The van der Waals surface area contributed by atoms with Crippen LogP contribution in [0.4, 0.5) is 0 Å². The van der Waals surface area contributed by atoms with Gasteiger partial charge in [-0.25, -0.2) is 0 Å². The third-order valence-electron chi connectivity index (χ3n) is 5.64. The van der Waals surface area contributed by atoms with Crippen LogP contribution in [0.2, 0.25) is 0 Å². The van der Waals surface area contributed by atoms with E-state index in [0.29, 0.717) is 12.6 Å². The molecule has 0 atom stereocenters. The van der Waals surface area contributed by atoms with E-state index in [1.807, 2.05) is 36.0 Å². The van der Waals surface area contributed by atoms with Gasteiger partial charge in [-0.2, -0.15) is 5.10 Å². The van der Waals surface area contributed by atoms with Gasteiger partial charge < -0.3 is 4.90 Å². The molecule has 2 aliphatic rings. The number of benzene rings is 1. The van der Waals surface area contributed by atoms with Crippen LogP contribution in [-0.4, -0.2) is 26.6 Å². The molecule has 0 unspecified atom stereocenters. The van der Waals surface area contributed by atoms with E-state index >= 15 is 0 Å². The molecule has 2 aromatic rings. The first kappa shape index (κ1) is 16.8. The molecule has 1 fully saturated rings. The van der Waals surface area contributed by atoms with Gasteiger partial charge in [0, 0.05) is 28.8 Å². The lowest BCUT2D eigenvalue weighted by Crippen LogP contribution is -2.38. The zero-order chi connectivity index (χ0) is 17.4. The van der Waals surface area contributed by atoms with Crippen LogP contribution in [0.15, 0.2) is 28.7 Å². The zero-order valence-electron chi connectivity index (χ0n) is 14.7. The first-order valence-electron chi connectivity index (χ1n) is 9.23. The maximum Gasteiger partial charge on any atom is 0.254 e. The first-order valence-corrected chi connectivity index (χ1v) is 10.0. The van der Waals surface area contributed by atoms with Crippen molar-refractivity contribution in [2.45, 2.75) is 57.5 Å². The minimum absolute atomic E-state index is 0.136. The van der Waals surface area contributed by atoms with E-state index in [1.165, 1.54) is 30.5 Å². The van der Waals surface area contributed by atoms with E-state index < -0.39 is 0 Å². The van der Waals surface area contributed by atoms with Crippen LogP contribution in [-0.2, 0) is 26.4 Å². The van der Waals surface area contributed by atoms with E-state index in [-0.39, 0.29) is 5.91 Å². The van der Waals surface area contributed by atoms with Crippen LogP contribution < -0.4 is 0 Å². The van der Waals surface area contributed by atoms with Gasteiger partial charge in [0.1, 0.15) is 0 Å². The van der Waals surface area contributed by atoms with Crippen molar-refractivity contribution >= 4 is 21.8 Å². The average molecular weight is 402 g/mol. The van der Waals surface area contributed by atoms with E-state index in [4.69, 9.17) is 5.10 Å². The van der Waals surface area contributed by atoms with Crippen molar-refractivity contribution < 1.29 is 4.79 Å². The molecule has 0 bridgehead atoms. The quantitative estimate of drug-likeness (QED) is 0.767. The van der Waals surface area contributed by atoms with E-state index in [9.17, 15) is 4.79 Å². The highest BCUT2D eigenvalue weighted by atomic mass is 79.9. The lowest BCUT2D eigenvalue weighted by atomic mass is 10.1. The number of fused-ring (bicyclic) bond motifs is 1. The van der Waals surface area contributed by atoms with Crippen molar-refractivity contribution in [2.24, 2.45) is 7.05 Å². The molecule has 132 valence electrons. The second-order valence-corrected chi connectivity index (χ2v) is 8.14. The van der Waals surface area contributed by atoms with Crippen LogP contribution >= 0.6 is 15.9 Å². The lowest BCUT2D eigenvalue weighted by molar-refractivity contribution is 0.0661. The van der Waals surface area contributed by atoms with Crippen LogP contribution in [0.25, 0.3) is 0 Å². The number of hydrogen-bond acceptors (Lipinski definition) is 2. The topological polar surface area (TPSA) is 38.1 Å². The molecule has 25 heavy (non-hydrogen) atoms. The number of nitrogens with zero attached hydrogens (tertiary/aromatic N) is 3. The van der Waals surface area contributed by atoms with Gasteiger partial charge in [0.15, 0.2) is 0 Å². The summed E-state index contributed by atoms with van der Waals surface area (Å²) in [4.78, 5) is 15.3. The van der Waals surface area contributed by atoms with E-state index in [2.05, 4.69) is 20.8 Å². The normalized spacial score (nSPS) is 17.0. The third-order valence-corrected chi connectivity index (χ3v) is 6.16. The molecular weight excluding hydrogens is 378 g/mol. The highest BCUT2D eigenvalue weighted by Crippen LogP contribution is 2.30. The first-order chi connectivity index (χ1) is 12.1. The van der Waals surface area contributed by atoms with Gasteiger partial charge in [-0.15, -0.1) is 0 Å². The molecule has 1 aromatic heterocycles. The average Bonchev–Trinajstić information content (AvgIpc) is 3.33. The molecule has 1 amide bonds. The number of rotatable bonds is 4. The summed E-state index contributed by atoms with van der Waals surface area (Å²) in [6, 6.07) is 8.06. The largest absolute Gasteiger partial charge is 0.330 e. The molecule has 0 spiro atoms. The summed E-state index contributed by atoms with van der Waals surface area (Å²) in [6.07, 6.45) is 8.07. The fourth-order valence-electron chi connectivity index (χ4n) is 4.33. The molecular formula is C20H24BrN3O. The summed E-state index contributed by atoms with van der Waals surface area (Å²) < 4.78 is 3.02. The molecule has 1 saturated carbocycles. The number of carbonyl (C=O) groups is 1. The second-order valence-electron chi connectivity index (χ2n) is 7.23. The third kappa shape index (κ3) is 3.26. The molecule has 5 heteroatoms. The Morgan fingerprint density at radius 1 is 1.20 bits per heavy atom. The van der Waals surface area contributed by atoms with Crippen molar-refractivity contribution in [3.8, 4) is 0 Å². The minimum Gasteiger partial charge on any atom is -0.330 e. The van der Waals surface area contributed by atoms with Crippen molar-refractivity contribution in [2.75, 3.05) is 0 Å². The molecule has 0 radical (unpaired) electrons. The maximum atomic E-state index is 13.2. The molecule has 0 aliphatic heterocycles. The van der Waals surface area contributed by atoms with E-state index in [1.54, 1.807) is 0 Å². The van der Waals surface area contributed by atoms with Gasteiger partial charge in [-0.1, -0.05) is 28.8 Å². The Bertz CT molecular complexity index is 775. The maximum absolute atomic E-state index is 13.2. The van der Waals surface area contributed by atoms with Gasteiger partial charge in [0.25, 0.3) is 5.91 Å². The van der Waals surface area contributed by atoms with Gasteiger partial charge >= 0.3 is 0 Å². The zero-order valence-corrected chi connectivity index (χ0v) is 16.3. The van der Waals surface area contributed by atoms with Gasteiger partial charge in [0.2, 0.25) is 0 Å². The summed E-state index contributed by atoms with van der Waals surface area (Å²) in [6.45, 7) is 0.642. The van der Waals surface area contributed by atoms with Gasteiger partial charge in [-0.05, 0) is 61.9 Å². The Kier molecular flexibility index (Phi) is 4.67. The number of aromatic nitrogens is 2. The Labute approximate surface area is 157 Å². The lowest BCUT2D eigenvalue weighted by Gasteiger charge is -2.29. The highest BCUT2D eigenvalue weighted by molar-refractivity contribution is 9.10. The van der Waals surface area contributed by atoms with Crippen LogP contribution in [0.1, 0.15) is 59.4 Å². The number of carbonyl (C=O) groups excluding carboxylic acids is 1. The molecule has 0 saturated heterocycles. The predicted molar refractivity (Wildman–Crippen MR) is 102 cm³/mol. The molecule has 1 aromatic carbocycles. The monoisotopic (exact) mass is 401 g/mol. The Morgan fingerprint density at radius 3 is 2.64 bits per heavy atom. The van der Waals surface area contributed by atoms with E-state index in [0.717, 1.165) is 41.4 Å². The highest BCUT2D eigenvalue weighted by Gasteiger charge is 2.30. The summed E-state index contributed by atoms with van der Waals surface area (Å²) in [5.41, 5.74) is 4.61. The second kappa shape index (κ2) is 6.94. The number of halogens is 1. The standard InChI is InChI=1S/C20H24BrN3O/c1-23-19-8-4-7-17(19)18(22-23)13-24(16-5-2-3-6-16)20(25)14-9-11-15(21)12-10-14/h9-12,16H,2-8,13H2,1H3. The summed E-state index contributed by atoms with van der Waals surface area (Å²) in [7, 11) is 2.03. The minimum atomic E-state index is 0.136. The SMILES string of the molecule is Cn1nc(CN(C(=O)c2ccc(Br)cc2)C2CCCC2)c2c1CCC2. The predicted octanol–water partition coefficient (Wildman–Crippen LogP) is 4.26. The van der Waals surface area contributed by atoms with Crippen LogP contribution in [0.5, 0.6) is 0 Å². The summed E-state index contributed by atoms with van der Waals surface area (Å²) in [5.74, 6) is 0.136. The van der Waals surface area contributed by atoms with Crippen molar-refractivity contribution in [3.05, 3.63) is 51.3 Å². The van der Waals surface area contributed by atoms with Gasteiger partial charge in [0.05, 0.1) is 12.2 Å². The number of hydrogen-bond donors (Lipinski definition) is 0. The van der Waals surface area contributed by atoms with Crippen LogP contribution in [0.3, 0.4) is 0 Å². The summed E-state index contributed by atoms with van der Waals surface area (Å²) in [5, 5.41) is 4.75. The molecule has 4 nitrogen and oxygen atoms in total. The van der Waals surface area contributed by atoms with Crippen LogP contribution in [0, 0.1) is 0 Å². The van der Waals surface area contributed by atoms with Crippen molar-refractivity contribution in [1.82, 2.24) is 14.7 Å². The molecule has 1 heterocycles. The van der Waals surface area contributed by atoms with Gasteiger partial charge in [-0.3, -0.25) is 9.48 Å². The fraction of sp³-hybridized carbons (Fsp3) is 0.500. The van der Waals surface area contributed by atoms with Crippen molar-refractivity contribution in [3.63, 3.8) is 0 Å². The number of amides is 1. The summed E-state index contributed by atoms with van der Waals surface area (Å²) >= 11 is 3.45. The Balaban J connectivity index is 1.63. The smallest absolute Gasteiger partial charge is 0.254 e. The fourth-order valence-corrected chi connectivity index (χ4v) is 4.59.